The number of likely N-dealkylation sites (N-methyl/N-ethyl adjacent to an activating group) is 2. The second kappa shape index (κ2) is 24.8. The van der Waals surface area contributed by atoms with Gasteiger partial charge in [-0.2, -0.15) is 0 Å². The molecule has 1 aromatic rings. The topological polar surface area (TPSA) is 190 Å². The molecule has 6 amide bonds. The first-order valence-corrected chi connectivity index (χ1v) is 20.5. The van der Waals surface area contributed by atoms with Gasteiger partial charge in [-0.25, -0.2) is 0 Å². The highest BCUT2D eigenvalue weighted by Crippen LogP contribution is 2.30. The van der Waals surface area contributed by atoms with Crippen molar-refractivity contribution in [2.45, 2.75) is 143 Å². The van der Waals surface area contributed by atoms with Crippen LogP contribution in [0.25, 0.3) is 0 Å². The molecule has 60 heavy (non-hydrogen) atoms. The summed E-state index contributed by atoms with van der Waals surface area (Å²) in [5.41, 5.74) is 1.01. The highest BCUT2D eigenvalue weighted by Gasteiger charge is 2.42. The van der Waals surface area contributed by atoms with E-state index in [4.69, 9.17) is 0 Å². The number of fused-ring (bicyclic) bond motifs is 1. The van der Waals surface area contributed by atoms with Crippen molar-refractivity contribution in [3.63, 3.8) is 0 Å². The number of amides is 6. The van der Waals surface area contributed by atoms with Crippen molar-refractivity contribution in [2.75, 3.05) is 27.2 Å². The molecule has 7 atom stereocenters. The van der Waals surface area contributed by atoms with E-state index in [0.717, 1.165) is 24.8 Å². The van der Waals surface area contributed by atoms with Crippen molar-refractivity contribution in [1.29, 1.82) is 0 Å². The molecule has 0 bridgehead atoms. The Hall–Kier alpha value is -4.34. The Balaban J connectivity index is 0.00000900. The molecule has 1 aliphatic heterocycles. The normalized spacial score (nSPS) is 18.3. The SMILES string of the molecule is CN[C@@H](C)C(=O)N[C@H](C(=O)N[C@@H](CC#CC#CCCNC(=O)[C@@H]1CCCN1C(=O)[C@@H](NC(=O)[C@H](C)NC)C(C)(C)C)C(=O)N[C@@H]1CCCc2ccccc21)C(C)(C)C.Cl.Cl. The molecule has 3 rings (SSSR count). The van der Waals surface area contributed by atoms with E-state index in [0.29, 0.717) is 25.8 Å². The average Bonchev–Trinajstić information content (AvgIpc) is 3.68. The molecule has 2 aliphatic rings. The van der Waals surface area contributed by atoms with Crippen LogP contribution in [0.15, 0.2) is 24.3 Å². The summed E-state index contributed by atoms with van der Waals surface area (Å²) in [6.07, 6.45) is 4.08. The van der Waals surface area contributed by atoms with E-state index in [9.17, 15) is 28.8 Å². The number of rotatable bonds is 15. The molecule has 16 heteroatoms. The summed E-state index contributed by atoms with van der Waals surface area (Å²) in [6, 6.07) is 3.40. The second-order valence-electron chi connectivity index (χ2n) is 17.4. The largest absolute Gasteiger partial charge is 0.353 e. The molecule has 7 N–H and O–H groups in total. The van der Waals surface area contributed by atoms with Crippen molar-refractivity contribution >= 4 is 60.3 Å². The van der Waals surface area contributed by atoms with Gasteiger partial charge in [0.05, 0.1) is 18.1 Å². The predicted molar refractivity (Wildman–Crippen MR) is 239 cm³/mol. The van der Waals surface area contributed by atoms with E-state index in [1.165, 1.54) is 5.56 Å². The molecule has 0 unspecified atom stereocenters. The van der Waals surface area contributed by atoms with E-state index in [-0.39, 0.29) is 73.4 Å². The molecule has 14 nitrogen and oxygen atoms in total. The zero-order valence-electron chi connectivity index (χ0n) is 36.9. The summed E-state index contributed by atoms with van der Waals surface area (Å²) in [5, 5.41) is 20.3. The highest BCUT2D eigenvalue weighted by atomic mass is 35.5. The van der Waals surface area contributed by atoms with Gasteiger partial charge in [-0.1, -0.05) is 77.6 Å². The number of aryl methyl sites for hydroxylation is 1. The van der Waals surface area contributed by atoms with Gasteiger partial charge in [0, 0.05) is 25.9 Å². The number of carbonyl (C=O) groups is 6. The number of halogens is 2. The van der Waals surface area contributed by atoms with E-state index in [1.54, 1.807) is 32.8 Å². The van der Waals surface area contributed by atoms with Crippen LogP contribution in [0.1, 0.15) is 111 Å². The Bertz CT molecular complexity index is 1770. The lowest BCUT2D eigenvalue weighted by atomic mass is 9.85. The molecule has 1 aromatic carbocycles. The number of nitrogens with zero attached hydrogens (tertiary/aromatic N) is 1. The van der Waals surface area contributed by atoms with Gasteiger partial charge < -0.3 is 42.1 Å². The third-order valence-electron chi connectivity index (χ3n) is 10.7. The van der Waals surface area contributed by atoms with Crippen LogP contribution in [0.4, 0.5) is 0 Å². The third-order valence-corrected chi connectivity index (χ3v) is 10.7. The Morgan fingerprint density at radius 1 is 0.750 bits per heavy atom. The molecule has 1 heterocycles. The van der Waals surface area contributed by atoms with Gasteiger partial charge in [-0.05, 0) is 93.8 Å². The fourth-order valence-corrected chi connectivity index (χ4v) is 6.90. The summed E-state index contributed by atoms with van der Waals surface area (Å²) < 4.78 is 0. The number of carbonyl (C=O) groups excluding carboxylic acids is 6. The number of hydrogen-bond acceptors (Lipinski definition) is 8. The molecule has 1 saturated heterocycles. The van der Waals surface area contributed by atoms with Crippen molar-refractivity contribution in [3.05, 3.63) is 35.4 Å². The van der Waals surface area contributed by atoms with E-state index >= 15 is 0 Å². The first-order chi connectivity index (χ1) is 27.3. The second-order valence-corrected chi connectivity index (χ2v) is 17.4. The molecule has 0 saturated carbocycles. The minimum Gasteiger partial charge on any atom is -0.353 e. The Kier molecular flexibility index (Phi) is 22.2. The maximum atomic E-state index is 13.8. The zero-order chi connectivity index (χ0) is 43.2. The lowest BCUT2D eigenvalue weighted by Crippen LogP contribution is -2.59. The average molecular weight is 876 g/mol. The lowest BCUT2D eigenvalue weighted by molar-refractivity contribution is -0.144. The van der Waals surface area contributed by atoms with Crippen molar-refractivity contribution < 1.29 is 28.8 Å². The fourth-order valence-electron chi connectivity index (χ4n) is 6.90. The number of nitrogens with one attached hydrogen (secondary N) is 7. The summed E-state index contributed by atoms with van der Waals surface area (Å²) >= 11 is 0. The van der Waals surface area contributed by atoms with Crippen LogP contribution < -0.4 is 37.2 Å². The van der Waals surface area contributed by atoms with Gasteiger partial charge in [-0.15, -0.1) is 24.8 Å². The van der Waals surface area contributed by atoms with Gasteiger partial charge in [0.1, 0.15) is 24.2 Å². The van der Waals surface area contributed by atoms with Crippen molar-refractivity contribution in [2.24, 2.45) is 10.8 Å². The minimum atomic E-state index is -1.02. The maximum Gasteiger partial charge on any atom is 0.246 e. The number of hydrogen-bond donors (Lipinski definition) is 7. The van der Waals surface area contributed by atoms with E-state index in [1.807, 2.05) is 59.7 Å². The summed E-state index contributed by atoms with van der Waals surface area (Å²) in [6.45, 7) is 15.2. The third kappa shape index (κ3) is 15.6. The smallest absolute Gasteiger partial charge is 0.246 e. The first-order valence-electron chi connectivity index (χ1n) is 20.5. The summed E-state index contributed by atoms with van der Waals surface area (Å²) in [4.78, 5) is 81.5. The minimum absolute atomic E-state index is 0. The van der Waals surface area contributed by atoms with Crippen LogP contribution in [0.2, 0.25) is 0 Å². The van der Waals surface area contributed by atoms with Crippen LogP contribution in [0.3, 0.4) is 0 Å². The van der Waals surface area contributed by atoms with E-state index < -0.39 is 53.0 Å². The van der Waals surface area contributed by atoms with E-state index in [2.05, 4.69) is 67.0 Å². The molecule has 1 fully saturated rings. The van der Waals surface area contributed by atoms with Gasteiger partial charge in [-0.3, -0.25) is 28.8 Å². The number of benzene rings is 1. The standard InChI is InChI=1S/C44H66N8O6.2ClH/c1-28(45-9)37(53)50-35(43(3,4)5)41(57)49-33(39(55)48-32-24-18-21-30-20-15-16-22-31(30)32)23-14-12-11-13-17-26-47-40(56)34-25-19-27-52(34)42(58)36(44(6,7)8)51-38(54)29(2)46-10;;/h15-16,20,22,28-29,32-36,45-46H,17-19,21,23-27H2,1-10H3,(H,47,56)(H,48,55)(H,49,57)(H,50,53)(H,51,54);2*1H/t28-,29-,32+,33-,34-,35+,36+;;/m0../s1. The van der Waals surface area contributed by atoms with Gasteiger partial charge in [0.25, 0.3) is 0 Å². The lowest BCUT2D eigenvalue weighted by Gasteiger charge is -2.36. The molecule has 0 aromatic heterocycles. The molecule has 334 valence electrons. The molecular weight excluding hydrogens is 807 g/mol. The summed E-state index contributed by atoms with van der Waals surface area (Å²) in [5.74, 6) is 9.31. The monoisotopic (exact) mass is 874 g/mol. The van der Waals surface area contributed by atoms with Crippen LogP contribution >= 0.6 is 24.8 Å². The van der Waals surface area contributed by atoms with Crippen LogP contribution in [0.5, 0.6) is 0 Å². The Morgan fingerprint density at radius 3 is 1.93 bits per heavy atom. The molecule has 0 radical (unpaired) electrons. The van der Waals surface area contributed by atoms with Gasteiger partial charge in [0.2, 0.25) is 35.4 Å². The summed E-state index contributed by atoms with van der Waals surface area (Å²) in [7, 11) is 3.33. The highest BCUT2D eigenvalue weighted by molar-refractivity contribution is 5.95. The van der Waals surface area contributed by atoms with Gasteiger partial charge >= 0.3 is 0 Å². The molecular formula is C44H68Cl2N8O6. The van der Waals surface area contributed by atoms with Crippen LogP contribution in [0, 0.1) is 34.5 Å². The Labute approximate surface area is 369 Å². The molecule has 1 aliphatic carbocycles. The molecule has 0 spiro atoms. The predicted octanol–water partition coefficient (Wildman–Crippen LogP) is 2.68. The maximum absolute atomic E-state index is 13.8. The fraction of sp³-hybridized carbons (Fsp3) is 0.636. The van der Waals surface area contributed by atoms with Crippen molar-refractivity contribution in [3.8, 4) is 23.7 Å². The first kappa shape index (κ1) is 53.7. The van der Waals surface area contributed by atoms with Crippen molar-refractivity contribution in [1.82, 2.24) is 42.1 Å². The quantitative estimate of drug-likeness (QED) is 0.104. The number of likely N-dealkylation sites (tertiary alicyclic amines) is 1. The van der Waals surface area contributed by atoms with Gasteiger partial charge in [0.15, 0.2) is 0 Å². The zero-order valence-corrected chi connectivity index (χ0v) is 38.6. The van der Waals surface area contributed by atoms with Crippen LogP contribution in [-0.4, -0.2) is 104 Å². The Morgan fingerprint density at radius 2 is 1.33 bits per heavy atom. The van der Waals surface area contributed by atoms with Crippen LogP contribution in [-0.2, 0) is 35.2 Å².